The van der Waals surface area contributed by atoms with Crippen LogP contribution >= 0.6 is 11.3 Å². The Hall–Kier alpha value is -4.29. The monoisotopic (exact) mass is 604 g/mol. The molecule has 0 radical (unpaired) electrons. The Kier molecular flexibility index (Phi) is 8.66. The summed E-state index contributed by atoms with van der Waals surface area (Å²) in [6.45, 7) is 1.99. The number of carbonyl (C=O) groups is 2. The van der Waals surface area contributed by atoms with Crippen molar-refractivity contribution >= 4 is 34.0 Å². The first-order chi connectivity index (χ1) is 21.0. The van der Waals surface area contributed by atoms with Gasteiger partial charge in [-0.05, 0) is 66.9 Å². The molecule has 2 aliphatic rings. The molecule has 4 aromatic rings. The van der Waals surface area contributed by atoms with Gasteiger partial charge in [0, 0.05) is 62.5 Å². The number of piperidine rings is 1. The number of hydrogen-bond donors (Lipinski definition) is 2. The molecule has 224 valence electrons. The van der Waals surface area contributed by atoms with E-state index in [4.69, 9.17) is 14.8 Å². The highest BCUT2D eigenvalue weighted by atomic mass is 32.1. The number of rotatable bonds is 9. The van der Waals surface area contributed by atoms with Crippen LogP contribution in [-0.4, -0.2) is 68.7 Å². The second-order valence-corrected chi connectivity index (χ2v) is 11.6. The van der Waals surface area contributed by atoms with Crippen LogP contribution in [0.5, 0.6) is 5.75 Å². The van der Waals surface area contributed by atoms with Gasteiger partial charge in [0.05, 0.1) is 11.7 Å². The largest absolute Gasteiger partial charge is 0.490 e. The van der Waals surface area contributed by atoms with Crippen LogP contribution in [0.4, 0.5) is 15.2 Å². The highest BCUT2D eigenvalue weighted by Crippen LogP contribution is 2.38. The smallest absolute Gasteiger partial charge is 0.274 e. The van der Waals surface area contributed by atoms with Gasteiger partial charge >= 0.3 is 0 Å². The Bertz CT molecular complexity index is 1570. The molecule has 12 heteroatoms. The first-order valence-corrected chi connectivity index (χ1v) is 15.3. The van der Waals surface area contributed by atoms with Crippen molar-refractivity contribution in [3.63, 3.8) is 0 Å². The number of aliphatic hydroxyl groups is 1. The predicted molar refractivity (Wildman–Crippen MR) is 161 cm³/mol. The normalized spacial score (nSPS) is 17.3. The van der Waals surface area contributed by atoms with Crippen molar-refractivity contribution in [2.75, 3.05) is 36.5 Å². The summed E-state index contributed by atoms with van der Waals surface area (Å²) in [7, 11) is 0. The number of aliphatic hydroxyl groups excluding tert-OH is 1. The predicted octanol–water partition coefficient (Wildman–Crippen LogP) is 4.48. The van der Waals surface area contributed by atoms with Gasteiger partial charge in [-0.1, -0.05) is 0 Å². The van der Waals surface area contributed by atoms with E-state index < -0.39 is 12.6 Å². The van der Waals surface area contributed by atoms with Crippen LogP contribution in [0.15, 0.2) is 66.3 Å². The van der Waals surface area contributed by atoms with Crippen LogP contribution in [0.1, 0.15) is 53.5 Å². The number of halogens is 1. The van der Waals surface area contributed by atoms with Crippen molar-refractivity contribution in [3.05, 3.63) is 89.2 Å². The van der Waals surface area contributed by atoms with E-state index in [1.165, 1.54) is 23.6 Å². The SMILES string of the molecule is O=C(Nc1nc([C@H]2CCCN2c2ccc(OC3CCN(C(=O)CO)CC3)cc2)cs1)c1cccn1Cc1ccnc(F)c1. The average molecular weight is 605 g/mol. The molecule has 6 rings (SSSR count). The van der Waals surface area contributed by atoms with Gasteiger partial charge in [0.25, 0.3) is 5.91 Å². The third-order valence-electron chi connectivity index (χ3n) is 7.94. The lowest BCUT2D eigenvalue weighted by Gasteiger charge is -2.32. The van der Waals surface area contributed by atoms with Gasteiger partial charge in [-0.15, -0.1) is 11.3 Å². The molecule has 2 aliphatic heterocycles. The molecule has 0 spiro atoms. The van der Waals surface area contributed by atoms with Crippen molar-refractivity contribution < 1.29 is 23.8 Å². The maximum Gasteiger partial charge on any atom is 0.274 e. The van der Waals surface area contributed by atoms with Crippen molar-refractivity contribution in [1.29, 1.82) is 0 Å². The van der Waals surface area contributed by atoms with Gasteiger partial charge in [-0.3, -0.25) is 14.9 Å². The molecule has 10 nitrogen and oxygen atoms in total. The molecule has 1 atom stereocenters. The van der Waals surface area contributed by atoms with Gasteiger partial charge in [-0.2, -0.15) is 4.39 Å². The molecule has 2 fully saturated rings. The van der Waals surface area contributed by atoms with Crippen LogP contribution < -0.4 is 15.0 Å². The van der Waals surface area contributed by atoms with Crippen LogP contribution in [-0.2, 0) is 11.3 Å². The molecule has 1 aromatic carbocycles. The maximum absolute atomic E-state index is 13.5. The summed E-state index contributed by atoms with van der Waals surface area (Å²) in [4.78, 5) is 37.2. The summed E-state index contributed by atoms with van der Waals surface area (Å²) in [5.41, 5.74) is 3.18. The summed E-state index contributed by atoms with van der Waals surface area (Å²) in [5, 5.41) is 14.5. The number of nitrogens with zero attached hydrogens (tertiary/aromatic N) is 5. The Morgan fingerprint density at radius 1 is 1.09 bits per heavy atom. The molecule has 3 aromatic heterocycles. The molecule has 2 saturated heterocycles. The number of thiazole rings is 1. The maximum atomic E-state index is 13.5. The van der Waals surface area contributed by atoms with Gasteiger partial charge in [0.15, 0.2) is 5.13 Å². The zero-order valence-electron chi connectivity index (χ0n) is 23.6. The van der Waals surface area contributed by atoms with E-state index >= 15 is 0 Å². The van der Waals surface area contributed by atoms with Gasteiger partial charge in [0.1, 0.15) is 24.2 Å². The lowest BCUT2D eigenvalue weighted by molar-refractivity contribution is -0.135. The third kappa shape index (κ3) is 6.70. The average Bonchev–Trinajstić information content (AvgIpc) is 3.79. The molecule has 2 amide bonds. The summed E-state index contributed by atoms with van der Waals surface area (Å²) in [6.07, 6.45) is 6.72. The quantitative estimate of drug-likeness (QED) is 0.271. The number of hydrogen-bond acceptors (Lipinski definition) is 8. The van der Waals surface area contributed by atoms with Crippen LogP contribution in [0.2, 0.25) is 0 Å². The fourth-order valence-electron chi connectivity index (χ4n) is 5.77. The number of amides is 2. The summed E-state index contributed by atoms with van der Waals surface area (Å²) < 4.78 is 21.5. The van der Waals surface area contributed by atoms with E-state index in [0.29, 0.717) is 36.0 Å². The molecule has 0 bridgehead atoms. The topological polar surface area (TPSA) is 113 Å². The Morgan fingerprint density at radius 3 is 2.67 bits per heavy atom. The molecule has 2 N–H and O–H groups in total. The number of anilines is 2. The van der Waals surface area contributed by atoms with E-state index in [1.54, 1.807) is 33.9 Å². The van der Waals surface area contributed by atoms with E-state index in [9.17, 15) is 14.0 Å². The summed E-state index contributed by atoms with van der Waals surface area (Å²) >= 11 is 1.40. The van der Waals surface area contributed by atoms with E-state index in [0.717, 1.165) is 49.4 Å². The number of pyridine rings is 1. The second kappa shape index (κ2) is 12.9. The number of likely N-dealkylation sites (tertiary alicyclic amines) is 1. The minimum atomic E-state index is -0.553. The molecular weight excluding hydrogens is 571 g/mol. The molecule has 0 unspecified atom stereocenters. The van der Waals surface area contributed by atoms with Crippen LogP contribution in [0, 0.1) is 5.95 Å². The van der Waals surface area contributed by atoms with Crippen LogP contribution in [0.25, 0.3) is 0 Å². The number of ether oxygens (including phenoxy) is 1. The minimum absolute atomic E-state index is 0.0401. The van der Waals surface area contributed by atoms with Crippen molar-refractivity contribution in [2.24, 2.45) is 0 Å². The fourth-order valence-corrected chi connectivity index (χ4v) is 6.52. The lowest BCUT2D eigenvalue weighted by atomic mass is 10.1. The molecule has 5 heterocycles. The second-order valence-electron chi connectivity index (χ2n) is 10.7. The van der Waals surface area contributed by atoms with Gasteiger partial charge in [-0.25, -0.2) is 9.97 Å². The number of carbonyl (C=O) groups excluding carboxylic acids is 2. The molecule has 0 saturated carbocycles. The van der Waals surface area contributed by atoms with Crippen molar-refractivity contribution in [3.8, 4) is 5.75 Å². The summed E-state index contributed by atoms with van der Waals surface area (Å²) in [5.74, 6) is -0.264. The zero-order chi connectivity index (χ0) is 29.8. The first-order valence-electron chi connectivity index (χ1n) is 14.4. The molecule has 0 aliphatic carbocycles. The summed E-state index contributed by atoms with van der Waals surface area (Å²) in [6, 6.07) is 14.8. The standard InChI is InChI=1S/C31H33FN6O4S/c32-28-17-21(9-12-33-28)18-37-13-1-4-27(37)30(41)35-31-34-25(20-43-31)26-3-2-14-38(26)22-5-7-23(8-6-22)42-24-10-15-36(16-11-24)29(40)19-39/h1,4-9,12-13,17,20,24,26,39H,2-3,10-11,14-16,18-19H2,(H,34,35,41)/t26-/m1/s1. The van der Waals surface area contributed by atoms with Crippen LogP contribution in [0.3, 0.4) is 0 Å². The van der Waals surface area contributed by atoms with E-state index in [1.807, 2.05) is 17.5 Å². The first kappa shape index (κ1) is 28.8. The van der Waals surface area contributed by atoms with E-state index in [-0.39, 0.29) is 24.0 Å². The fraction of sp³-hybridized carbons (Fsp3) is 0.355. The zero-order valence-corrected chi connectivity index (χ0v) is 24.4. The van der Waals surface area contributed by atoms with Gasteiger partial charge in [0.2, 0.25) is 11.9 Å². The Labute approximate surface area is 252 Å². The van der Waals surface area contributed by atoms with Gasteiger partial charge < -0.3 is 24.2 Å². The lowest BCUT2D eigenvalue weighted by Crippen LogP contribution is -2.42. The van der Waals surface area contributed by atoms with E-state index in [2.05, 4.69) is 27.3 Å². The number of nitrogens with one attached hydrogen (secondary N) is 1. The minimum Gasteiger partial charge on any atom is -0.490 e. The number of benzene rings is 1. The highest BCUT2D eigenvalue weighted by Gasteiger charge is 2.29. The third-order valence-corrected chi connectivity index (χ3v) is 8.72. The van der Waals surface area contributed by atoms with Crippen molar-refractivity contribution in [2.45, 2.75) is 44.4 Å². The Balaban J connectivity index is 1.06. The molecule has 43 heavy (non-hydrogen) atoms. The Morgan fingerprint density at radius 2 is 1.91 bits per heavy atom. The number of aromatic nitrogens is 3. The molecular formula is C31H33FN6O4S. The highest BCUT2D eigenvalue weighted by molar-refractivity contribution is 7.14. The van der Waals surface area contributed by atoms with Crippen molar-refractivity contribution in [1.82, 2.24) is 19.4 Å².